The molecular weight excluding hydrogens is 256 g/mol. The minimum atomic E-state index is 0.816. The third-order valence-electron chi connectivity index (χ3n) is 5.98. The highest BCUT2D eigenvalue weighted by Gasteiger charge is 2.38. The lowest BCUT2D eigenvalue weighted by atomic mass is 9.79. The molecule has 2 nitrogen and oxygen atoms in total. The summed E-state index contributed by atoms with van der Waals surface area (Å²) in [6.07, 6.45) is 8.32. The third-order valence-corrected chi connectivity index (χ3v) is 5.98. The molecule has 0 unspecified atom stereocenters. The minimum absolute atomic E-state index is 0.816. The van der Waals surface area contributed by atoms with Crippen LogP contribution in [0.3, 0.4) is 0 Å². The summed E-state index contributed by atoms with van der Waals surface area (Å²) >= 11 is 0. The van der Waals surface area contributed by atoms with E-state index < -0.39 is 0 Å². The van der Waals surface area contributed by atoms with Gasteiger partial charge in [-0.15, -0.1) is 0 Å². The standard InChI is InChI=1S/C19H28N2/c1-4-11-20(12-5-1)14-15-21-13-10-18-17-7-3-2-6-16(17)8-9-19(18)21/h2-3,6-7,18-19H,1,4-5,8-15H2/t18-,19+/m1/s1. The number of fused-ring (bicyclic) bond motifs is 3. The lowest BCUT2D eigenvalue weighted by Gasteiger charge is -2.35. The fraction of sp³-hybridized carbons (Fsp3) is 0.684. The van der Waals surface area contributed by atoms with Gasteiger partial charge < -0.3 is 4.90 Å². The van der Waals surface area contributed by atoms with Crippen LogP contribution in [0.25, 0.3) is 0 Å². The second kappa shape index (κ2) is 6.10. The number of hydrogen-bond acceptors (Lipinski definition) is 2. The first kappa shape index (κ1) is 13.8. The zero-order valence-electron chi connectivity index (χ0n) is 13.1. The van der Waals surface area contributed by atoms with Crippen LogP contribution in [-0.4, -0.2) is 48.6 Å². The second-order valence-electron chi connectivity index (χ2n) is 7.14. The van der Waals surface area contributed by atoms with Crippen molar-refractivity contribution >= 4 is 0 Å². The van der Waals surface area contributed by atoms with E-state index in [0.717, 1.165) is 12.0 Å². The van der Waals surface area contributed by atoms with E-state index in [1.54, 1.807) is 11.1 Å². The summed E-state index contributed by atoms with van der Waals surface area (Å²) in [7, 11) is 0. The lowest BCUT2D eigenvalue weighted by Crippen LogP contribution is -2.41. The average Bonchev–Trinajstić information content (AvgIpc) is 2.97. The number of piperidine rings is 1. The smallest absolute Gasteiger partial charge is 0.0168 e. The van der Waals surface area contributed by atoms with Crippen molar-refractivity contribution in [1.82, 2.24) is 9.80 Å². The summed E-state index contributed by atoms with van der Waals surface area (Å²) in [5.74, 6) is 0.816. The first-order chi connectivity index (χ1) is 10.4. The van der Waals surface area contributed by atoms with Gasteiger partial charge >= 0.3 is 0 Å². The Kier molecular flexibility index (Phi) is 4.00. The molecule has 1 aliphatic carbocycles. The second-order valence-corrected chi connectivity index (χ2v) is 7.14. The third kappa shape index (κ3) is 2.76. The molecule has 0 aromatic heterocycles. The summed E-state index contributed by atoms with van der Waals surface area (Å²) < 4.78 is 0. The minimum Gasteiger partial charge on any atom is -0.302 e. The Labute approximate surface area is 129 Å². The van der Waals surface area contributed by atoms with Crippen LogP contribution >= 0.6 is 0 Å². The fourth-order valence-electron chi connectivity index (χ4n) is 4.82. The Bertz CT molecular complexity index is 478. The van der Waals surface area contributed by atoms with Gasteiger partial charge in [-0.1, -0.05) is 30.7 Å². The molecule has 4 rings (SSSR count). The number of likely N-dealkylation sites (tertiary alicyclic amines) is 2. The molecular formula is C19H28N2. The highest BCUT2D eigenvalue weighted by molar-refractivity contribution is 5.35. The largest absolute Gasteiger partial charge is 0.302 e. The van der Waals surface area contributed by atoms with Crippen molar-refractivity contribution < 1.29 is 0 Å². The SMILES string of the molecule is c1ccc2c(c1)CC[C@H]1[C@@H]2CCN1CCN1CCCCC1. The maximum Gasteiger partial charge on any atom is 0.0168 e. The summed E-state index contributed by atoms with van der Waals surface area (Å²) in [5, 5.41) is 0. The zero-order chi connectivity index (χ0) is 14.1. The summed E-state index contributed by atoms with van der Waals surface area (Å²) in [6, 6.07) is 10.0. The van der Waals surface area contributed by atoms with Crippen molar-refractivity contribution in [2.24, 2.45) is 0 Å². The quantitative estimate of drug-likeness (QED) is 0.840. The first-order valence-corrected chi connectivity index (χ1v) is 8.96. The summed E-state index contributed by atoms with van der Waals surface area (Å²) in [4.78, 5) is 5.49. The monoisotopic (exact) mass is 284 g/mol. The van der Waals surface area contributed by atoms with Gasteiger partial charge in [-0.2, -0.15) is 0 Å². The molecule has 1 aromatic carbocycles. The fourth-order valence-corrected chi connectivity index (χ4v) is 4.82. The number of rotatable bonds is 3. The molecule has 2 fully saturated rings. The molecule has 2 heterocycles. The number of nitrogens with zero attached hydrogens (tertiary/aromatic N) is 2. The van der Waals surface area contributed by atoms with E-state index in [-0.39, 0.29) is 0 Å². The molecule has 0 N–H and O–H groups in total. The molecule has 0 bridgehead atoms. The Balaban J connectivity index is 1.39. The predicted molar refractivity (Wildman–Crippen MR) is 87.8 cm³/mol. The van der Waals surface area contributed by atoms with E-state index in [1.165, 1.54) is 71.2 Å². The number of hydrogen-bond donors (Lipinski definition) is 0. The van der Waals surface area contributed by atoms with Crippen LogP contribution in [0.5, 0.6) is 0 Å². The topological polar surface area (TPSA) is 6.48 Å². The number of benzene rings is 1. The molecule has 0 saturated carbocycles. The highest BCUT2D eigenvalue weighted by atomic mass is 15.2. The molecule has 0 radical (unpaired) electrons. The van der Waals surface area contributed by atoms with Gasteiger partial charge in [0.2, 0.25) is 0 Å². The van der Waals surface area contributed by atoms with Gasteiger partial charge in [0.15, 0.2) is 0 Å². The van der Waals surface area contributed by atoms with Crippen molar-refractivity contribution in [3.8, 4) is 0 Å². The van der Waals surface area contributed by atoms with E-state index >= 15 is 0 Å². The molecule has 2 heteroatoms. The molecule has 2 atom stereocenters. The van der Waals surface area contributed by atoms with Crippen molar-refractivity contribution in [3.05, 3.63) is 35.4 Å². The molecule has 21 heavy (non-hydrogen) atoms. The van der Waals surface area contributed by atoms with Crippen molar-refractivity contribution in [2.45, 2.75) is 50.5 Å². The van der Waals surface area contributed by atoms with Crippen LogP contribution in [0.2, 0.25) is 0 Å². The Morgan fingerprint density at radius 1 is 0.905 bits per heavy atom. The zero-order valence-corrected chi connectivity index (χ0v) is 13.1. The molecule has 2 aliphatic heterocycles. The predicted octanol–water partition coefficient (Wildman–Crippen LogP) is 3.28. The van der Waals surface area contributed by atoms with Crippen molar-refractivity contribution in [1.29, 1.82) is 0 Å². The van der Waals surface area contributed by atoms with Gasteiger partial charge in [-0.3, -0.25) is 4.90 Å². The van der Waals surface area contributed by atoms with Gasteiger partial charge in [-0.25, -0.2) is 0 Å². The van der Waals surface area contributed by atoms with Crippen LogP contribution in [0.1, 0.15) is 49.1 Å². The average molecular weight is 284 g/mol. The lowest BCUT2D eigenvalue weighted by molar-refractivity contribution is 0.165. The normalized spacial score (nSPS) is 30.1. The van der Waals surface area contributed by atoms with Crippen LogP contribution in [0.15, 0.2) is 24.3 Å². The van der Waals surface area contributed by atoms with E-state index in [1.807, 2.05) is 0 Å². The van der Waals surface area contributed by atoms with E-state index in [4.69, 9.17) is 0 Å². The molecule has 0 amide bonds. The van der Waals surface area contributed by atoms with E-state index in [9.17, 15) is 0 Å². The van der Waals surface area contributed by atoms with Gasteiger partial charge in [0.25, 0.3) is 0 Å². The Morgan fingerprint density at radius 2 is 1.76 bits per heavy atom. The molecule has 0 spiro atoms. The Hall–Kier alpha value is -0.860. The van der Waals surface area contributed by atoms with E-state index in [2.05, 4.69) is 34.1 Å². The number of aryl methyl sites for hydroxylation is 1. The molecule has 2 saturated heterocycles. The van der Waals surface area contributed by atoms with Crippen molar-refractivity contribution in [3.63, 3.8) is 0 Å². The maximum absolute atomic E-state index is 2.80. The van der Waals surface area contributed by atoms with Gasteiger partial charge in [0, 0.05) is 25.0 Å². The highest BCUT2D eigenvalue weighted by Crippen LogP contribution is 2.41. The summed E-state index contributed by atoms with van der Waals surface area (Å²) in [6.45, 7) is 6.58. The maximum atomic E-state index is 2.80. The molecule has 3 aliphatic rings. The van der Waals surface area contributed by atoms with Crippen LogP contribution < -0.4 is 0 Å². The van der Waals surface area contributed by atoms with Crippen LogP contribution in [0, 0.1) is 0 Å². The first-order valence-electron chi connectivity index (χ1n) is 8.96. The Morgan fingerprint density at radius 3 is 2.67 bits per heavy atom. The van der Waals surface area contributed by atoms with E-state index in [0.29, 0.717) is 0 Å². The molecule has 114 valence electrons. The van der Waals surface area contributed by atoms with Gasteiger partial charge in [0.1, 0.15) is 0 Å². The van der Waals surface area contributed by atoms with Crippen LogP contribution in [-0.2, 0) is 6.42 Å². The van der Waals surface area contributed by atoms with Gasteiger partial charge in [0.05, 0.1) is 0 Å². The van der Waals surface area contributed by atoms with Crippen LogP contribution in [0.4, 0.5) is 0 Å². The summed E-state index contributed by atoms with van der Waals surface area (Å²) in [5.41, 5.74) is 3.28. The molecule has 1 aromatic rings. The van der Waals surface area contributed by atoms with Crippen molar-refractivity contribution in [2.75, 3.05) is 32.7 Å². The van der Waals surface area contributed by atoms with Gasteiger partial charge in [-0.05, 0) is 62.9 Å².